The van der Waals surface area contributed by atoms with E-state index in [1.807, 2.05) is 31.2 Å². The van der Waals surface area contributed by atoms with E-state index in [2.05, 4.69) is 12.2 Å². The van der Waals surface area contributed by atoms with E-state index in [1.165, 1.54) is 0 Å². The molecule has 0 bridgehead atoms. The highest BCUT2D eigenvalue weighted by atomic mass is 35.5. The molecule has 0 heterocycles. The van der Waals surface area contributed by atoms with Crippen LogP contribution in [0.15, 0.2) is 24.3 Å². The summed E-state index contributed by atoms with van der Waals surface area (Å²) < 4.78 is 0. The van der Waals surface area contributed by atoms with Crippen LogP contribution in [0.3, 0.4) is 0 Å². The third-order valence-electron chi connectivity index (χ3n) is 2.42. The van der Waals surface area contributed by atoms with Gasteiger partial charge < -0.3 is 10.4 Å². The highest BCUT2D eigenvalue weighted by molar-refractivity contribution is 6.30. The van der Waals surface area contributed by atoms with Crippen molar-refractivity contribution in [2.75, 3.05) is 11.9 Å². The van der Waals surface area contributed by atoms with Crippen molar-refractivity contribution in [3.8, 4) is 0 Å². The SMILES string of the molecule is CCCC(C)(CO)Nc1cccc(Cl)c1. The first-order chi connectivity index (χ1) is 7.09. The average molecular weight is 228 g/mol. The van der Waals surface area contributed by atoms with Crippen molar-refractivity contribution < 1.29 is 5.11 Å². The van der Waals surface area contributed by atoms with Gasteiger partial charge in [0, 0.05) is 10.7 Å². The largest absolute Gasteiger partial charge is 0.394 e. The lowest BCUT2D eigenvalue weighted by atomic mass is 9.97. The summed E-state index contributed by atoms with van der Waals surface area (Å²) in [6.07, 6.45) is 1.96. The van der Waals surface area contributed by atoms with Crippen LogP contribution in [0.4, 0.5) is 5.69 Å². The molecule has 1 aromatic rings. The molecule has 0 aliphatic heterocycles. The van der Waals surface area contributed by atoms with Crippen LogP contribution in [0.25, 0.3) is 0 Å². The summed E-state index contributed by atoms with van der Waals surface area (Å²) in [4.78, 5) is 0. The van der Waals surface area contributed by atoms with Crippen LogP contribution in [0.1, 0.15) is 26.7 Å². The minimum absolute atomic E-state index is 0.118. The van der Waals surface area contributed by atoms with Gasteiger partial charge in [-0.05, 0) is 31.5 Å². The van der Waals surface area contributed by atoms with E-state index in [9.17, 15) is 5.11 Å². The molecule has 0 saturated heterocycles. The number of benzene rings is 1. The zero-order valence-corrected chi connectivity index (χ0v) is 10.0. The standard InChI is InChI=1S/C12H18ClNO/c1-3-7-12(2,9-15)14-11-6-4-5-10(13)8-11/h4-6,8,14-15H,3,7,9H2,1-2H3. The maximum Gasteiger partial charge on any atom is 0.0658 e. The van der Waals surface area contributed by atoms with Gasteiger partial charge in [0.2, 0.25) is 0 Å². The van der Waals surface area contributed by atoms with Gasteiger partial charge in [0.15, 0.2) is 0 Å². The molecule has 2 N–H and O–H groups in total. The molecule has 0 aliphatic rings. The minimum atomic E-state index is -0.264. The van der Waals surface area contributed by atoms with E-state index in [4.69, 9.17) is 11.6 Å². The Morgan fingerprint density at radius 2 is 2.20 bits per heavy atom. The molecule has 0 fully saturated rings. The van der Waals surface area contributed by atoms with Crippen molar-refractivity contribution in [3.63, 3.8) is 0 Å². The number of aliphatic hydroxyl groups excluding tert-OH is 1. The molecule has 1 unspecified atom stereocenters. The summed E-state index contributed by atoms with van der Waals surface area (Å²) in [5, 5.41) is 13.4. The second kappa shape index (κ2) is 5.38. The Kier molecular flexibility index (Phi) is 4.43. The molecule has 0 radical (unpaired) electrons. The van der Waals surface area contributed by atoms with E-state index in [0.29, 0.717) is 5.02 Å². The van der Waals surface area contributed by atoms with Gasteiger partial charge in [-0.15, -0.1) is 0 Å². The van der Waals surface area contributed by atoms with Crippen LogP contribution in [0, 0.1) is 0 Å². The Morgan fingerprint density at radius 1 is 1.47 bits per heavy atom. The smallest absolute Gasteiger partial charge is 0.0658 e. The fraction of sp³-hybridized carbons (Fsp3) is 0.500. The van der Waals surface area contributed by atoms with Crippen molar-refractivity contribution in [1.82, 2.24) is 0 Å². The molecule has 0 aliphatic carbocycles. The number of halogens is 1. The molecule has 2 nitrogen and oxygen atoms in total. The van der Waals surface area contributed by atoms with Crippen molar-refractivity contribution in [2.24, 2.45) is 0 Å². The van der Waals surface area contributed by atoms with Gasteiger partial charge in [-0.1, -0.05) is 31.0 Å². The van der Waals surface area contributed by atoms with Gasteiger partial charge in [-0.25, -0.2) is 0 Å². The highest BCUT2D eigenvalue weighted by Crippen LogP contribution is 2.22. The van der Waals surface area contributed by atoms with Gasteiger partial charge in [0.25, 0.3) is 0 Å². The quantitative estimate of drug-likeness (QED) is 0.809. The summed E-state index contributed by atoms with van der Waals surface area (Å²) >= 11 is 5.89. The summed E-state index contributed by atoms with van der Waals surface area (Å²) in [5.74, 6) is 0. The number of aliphatic hydroxyl groups is 1. The second-order valence-electron chi connectivity index (χ2n) is 4.10. The van der Waals surface area contributed by atoms with E-state index in [1.54, 1.807) is 0 Å². The topological polar surface area (TPSA) is 32.3 Å². The molecule has 0 saturated carbocycles. The molecule has 0 amide bonds. The predicted octanol–water partition coefficient (Wildman–Crippen LogP) is 3.30. The molecule has 1 aromatic carbocycles. The van der Waals surface area contributed by atoms with Crippen LogP contribution in [0.2, 0.25) is 5.02 Å². The summed E-state index contributed by atoms with van der Waals surface area (Å²) in [5.41, 5.74) is 0.687. The lowest BCUT2D eigenvalue weighted by Crippen LogP contribution is -2.38. The molecular weight excluding hydrogens is 210 g/mol. The number of hydrogen-bond donors (Lipinski definition) is 2. The fourth-order valence-electron chi connectivity index (χ4n) is 1.65. The molecule has 15 heavy (non-hydrogen) atoms. The lowest BCUT2D eigenvalue weighted by molar-refractivity contribution is 0.214. The number of anilines is 1. The third kappa shape index (κ3) is 3.73. The molecular formula is C12H18ClNO. The lowest BCUT2D eigenvalue weighted by Gasteiger charge is -2.29. The van der Waals surface area contributed by atoms with Crippen molar-refractivity contribution >= 4 is 17.3 Å². The highest BCUT2D eigenvalue weighted by Gasteiger charge is 2.21. The van der Waals surface area contributed by atoms with Gasteiger partial charge in [-0.2, -0.15) is 0 Å². The summed E-state index contributed by atoms with van der Waals surface area (Å²) in [6.45, 7) is 4.23. The maximum atomic E-state index is 9.35. The van der Waals surface area contributed by atoms with Crippen LogP contribution >= 0.6 is 11.6 Å². The molecule has 0 spiro atoms. The Balaban J connectivity index is 2.74. The number of nitrogens with one attached hydrogen (secondary N) is 1. The van der Waals surface area contributed by atoms with Crippen LogP contribution in [-0.4, -0.2) is 17.3 Å². The van der Waals surface area contributed by atoms with E-state index >= 15 is 0 Å². The van der Waals surface area contributed by atoms with Gasteiger partial charge in [0.05, 0.1) is 12.1 Å². The fourth-order valence-corrected chi connectivity index (χ4v) is 1.84. The van der Waals surface area contributed by atoms with Crippen molar-refractivity contribution in [2.45, 2.75) is 32.2 Å². The monoisotopic (exact) mass is 227 g/mol. The first kappa shape index (κ1) is 12.3. The maximum absolute atomic E-state index is 9.35. The zero-order chi connectivity index (χ0) is 11.3. The minimum Gasteiger partial charge on any atom is -0.394 e. The van der Waals surface area contributed by atoms with Crippen LogP contribution in [0.5, 0.6) is 0 Å². The Hall–Kier alpha value is -0.730. The Morgan fingerprint density at radius 3 is 2.73 bits per heavy atom. The molecule has 0 aromatic heterocycles. The summed E-state index contributed by atoms with van der Waals surface area (Å²) in [7, 11) is 0. The van der Waals surface area contributed by atoms with Crippen LogP contribution in [-0.2, 0) is 0 Å². The average Bonchev–Trinajstić information content (AvgIpc) is 2.18. The van der Waals surface area contributed by atoms with Crippen LogP contribution < -0.4 is 5.32 Å². The summed E-state index contributed by atoms with van der Waals surface area (Å²) in [6, 6.07) is 7.55. The third-order valence-corrected chi connectivity index (χ3v) is 2.66. The molecule has 3 heteroatoms. The Bertz CT molecular complexity index is 316. The molecule has 1 atom stereocenters. The van der Waals surface area contributed by atoms with E-state index in [0.717, 1.165) is 18.5 Å². The first-order valence-electron chi connectivity index (χ1n) is 5.24. The number of rotatable bonds is 5. The first-order valence-corrected chi connectivity index (χ1v) is 5.62. The van der Waals surface area contributed by atoms with E-state index in [-0.39, 0.29) is 12.1 Å². The van der Waals surface area contributed by atoms with Gasteiger partial charge in [0.1, 0.15) is 0 Å². The Labute approximate surface area is 96.3 Å². The zero-order valence-electron chi connectivity index (χ0n) is 9.26. The van der Waals surface area contributed by atoms with Crippen molar-refractivity contribution in [1.29, 1.82) is 0 Å². The van der Waals surface area contributed by atoms with E-state index < -0.39 is 0 Å². The predicted molar refractivity (Wildman–Crippen MR) is 65.5 cm³/mol. The van der Waals surface area contributed by atoms with Crippen molar-refractivity contribution in [3.05, 3.63) is 29.3 Å². The second-order valence-corrected chi connectivity index (χ2v) is 4.54. The number of hydrogen-bond acceptors (Lipinski definition) is 2. The molecule has 1 rings (SSSR count). The molecule has 84 valence electrons. The van der Waals surface area contributed by atoms with Gasteiger partial charge >= 0.3 is 0 Å². The van der Waals surface area contributed by atoms with Gasteiger partial charge in [-0.3, -0.25) is 0 Å². The normalized spacial score (nSPS) is 14.7.